The molecule has 0 saturated heterocycles. The Hall–Kier alpha value is -2.25. The maximum Gasteiger partial charge on any atom is 0.390 e. The van der Waals surface area contributed by atoms with Crippen LogP contribution in [0.3, 0.4) is 0 Å². The smallest absolute Gasteiger partial charge is 0.390 e. The Bertz CT molecular complexity index is 451. The average molecular weight is 227 g/mol. The predicted octanol–water partition coefficient (Wildman–Crippen LogP) is 0.167. The number of carbonyl (C=O) groups is 2. The van der Waals surface area contributed by atoms with Crippen LogP contribution in [0.1, 0.15) is 17.4 Å². The Morgan fingerprint density at radius 2 is 2.25 bits per heavy atom. The third kappa shape index (κ3) is 2.41. The summed E-state index contributed by atoms with van der Waals surface area (Å²) >= 11 is 0. The van der Waals surface area contributed by atoms with E-state index in [1.54, 1.807) is 0 Å². The zero-order valence-corrected chi connectivity index (χ0v) is 8.67. The second-order valence-electron chi connectivity index (χ2n) is 3.00. The maximum atomic E-state index is 11.2. The van der Waals surface area contributed by atoms with E-state index in [0.29, 0.717) is 0 Å². The largest absolute Gasteiger partial charge is 0.464 e. The van der Waals surface area contributed by atoms with Crippen molar-refractivity contribution in [2.75, 3.05) is 7.11 Å². The van der Waals surface area contributed by atoms with E-state index in [9.17, 15) is 19.7 Å². The molecule has 0 fully saturated rings. The number of aromatic nitrogens is 2. The predicted molar refractivity (Wildman–Crippen MR) is 50.9 cm³/mol. The Balaban J connectivity index is 3.17. The Morgan fingerprint density at radius 1 is 1.62 bits per heavy atom. The number of esters is 1. The molecule has 0 bridgehead atoms. The van der Waals surface area contributed by atoms with Crippen LogP contribution in [0.15, 0.2) is 6.07 Å². The molecule has 16 heavy (non-hydrogen) atoms. The van der Waals surface area contributed by atoms with Gasteiger partial charge in [0.2, 0.25) is 0 Å². The standard InChI is InChI=1S/C8H9N3O5/c1-5(12)4-10-6(8(13)16-2)3-7(9-10)11(14)15/h3H,4H2,1-2H3. The van der Waals surface area contributed by atoms with E-state index in [1.807, 2.05) is 0 Å². The summed E-state index contributed by atoms with van der Waals surface area (Å²) in [6.45, 7) is 1.08. The molecule has 0 aliphatic heterocycles. The lowest BCUT2D eigenvalue weighted by Gasteiger charge is -1.98. The quantitative estimate of drug-likeness (QED) is 0.412. The summed E-state index contributed by atoms with van der Waals surface area (Å²) in [5.74, 6) is -1.55. The zero-order valence-electron chi connectivity index (χ0n) is 8.67. The first-order chi connectivity index (χ1) is 7.45. The van der Waals surface area contributed by atoms with Gasteiger partial charge in [-0.1, -0.05) is 0 Å². The molecule has 8 nitrogen and oxygen atoms in total. The number of ketones is 1. The molecule has 0 unspecified atom stereocenters. The first kappa shape index (κ1) is 11.8. The molecule has 0 saturated carbocycles. The molecule has 1 heterocycles. The van der Waals surface area contributed by atoms with Crippen LogP contribution in [0.2, 0.25) is 0 Å². The van der Waals surface area contributed by atoms with Crippen molar-refractivity contribution in [1.82, 2.24) is 9.78 Å². The highest BCUT2D eigenvalue weighted by Crippen LogP contribution is 2.12. The van der Waals surface area contributed by atoms with Crippen molar-refractivity contribution in [3.8, 4) is 0 Å². The van der Waals surface area contributed by atoms with E-state index >= 15 is 0 Å². The molecule has 0 spiro atoms. The van der Waals surface area contributed by atoms with Gasteiger partial charge in [0.1, 0.15) is 6.54 Å². The lowest BCUT2D eigenvalue weighted by molar-refractivity contribution is -0.389. The average Bonchev–Trinajstić information content (AvgIpc) is 2.59. The van der Waals surface area contributed by atoms with E-state index in [2.05, 4.69) is 9.84 Å². The van der Waals surface area contributed by atoms with Gasteiger partial charge in [0, 0.05) is 0 Å². The Labute approximate surface area is 90.0 Å². The summed E-state index contributed by atoms with van der Waals surface area (Å²) in [6, 6.07) is 0.967. The number of hydrogen-bond acceptors (Lipinski definition) is 6. The maximum absolute atomic E-state index is 11.2. The highest BCUT2D eigenvalue weighted by atomic mass is 16.6. The van der Waals surface area contributed by atoms with E-state index < -0.39 is 16.7 Å². The monoisotopic (exact) mass is 227 g/mol. The summed E-state index contributed by atoms with van der Waals surface area (Å²) in [5, 5.41) is 14.0. The van der Waals surface area contributed by atoms with Gasteiger partial charge in [-0.2, -0.15) is 4.68 Å². The van der Waals surface area contributed by atoms with Gasteiger partial charge >= 0.3 is 11.8 Å². The topological polar surface area (TPSA) is 104 Å². The normalized spacial score (nSPS) is 9.88. The van der Waals surface area contributed by atoms with Crippen LogP contribution in [-0.2, 0) is 16.1 Å². The molecule has 0 atom stereocenters. The molecule has 0 aliphatic carbocycles. The minimum Gasteiger partial charge on any atom is -0.464 e. The van der Waals surface area contributed by atoms with Crippen molar-refractivity contribution in [2.24, 2.45) is 0 Å². The van der Waals surface area contributed by atoms with Gasteiger partial charge in [0.15, 0.2) is 11.5 Å². The van der Waals surface area contributed by atoms with Crippen molar-refractivity contribution in [3.05, 3.63) is 21.9 Å². The van der Waals surface area contributed by atoms with Crippen LogP contribution in [0.4, 0.5) is 5.82 Å². The summed E-state index contributed by atoms with van der Waals surface area (Å²) in [7, 11) is 1.14. The number of ether oxygens (including phenoxy) is 1. The van der Waals surface area contributed by atoms with E-state index in [4.69, 9.17) is 0 Å². The fraction of sp³-hybridized carbons (Fsp3) is 0.375. The lowest BCUT2D eigenvalue weighted by Crippen LogP contribution is -2.15. The van der Waals surface area contributed by atoms with Gasteiger partial charge in [0.25, 0.3) is 0 Å². The minimum absolute atomic E-state index is 0.121. The minimum atomic E-state index is -0.776. The highest BCUT2D eigenvalue weighted by Gasteiger charge is 2.24. The van der Waals surface area contributed by atoms with Crippen LogP contribution < -0.4 is 0 Å². The van der Waals surface area contributed by atoms with Gasteiger partial charge in [-0.15, -0.1) is 0 Å². The summed E-state index contributed by atoms with van der Waals surface area (Å²) in [6.07, 6.45) is 0. The van der Waals surface area contributed by atoms with Crippen LogP contribution >= 0.6 is 0 Å². The van der Waals surface area contributed by atoms with Crippen molar-refractivity contribution in [2.45, 2.75) is 13.5 Å². The van der Waals surface area contributed by atoms with Gasteiger partial charge in [0.05, 0.1) is 18.3 Å². The van der Waals surface area contributed by atoms with Crippen molar-refractivity contribution < 1.29 is 19.2 Å². The van der Waals surface area contributed by atoms with Crippen LogP contribution in [0.5, 0.6) is 0 Å². The number of rotatable bonds is 4. The van der Waals surface area contributed by atoms with Gasteiger partial charge in [-0.3, -0.25) is 4.79 Å². The molecular formula is C8H9N3O5. The van der Waals surface area contributed by atoms with Crippen molar-refractivity contribution in [3.63, 3.8) is 0 Å². The number of methoxy groups -OCH3 is 1. The number of nitro groups is 1. The van der Waals surface area contributed by atoms with Gasteiger partial charge in [-0.05, 0) is 11.8 Å². The first-order valence-corrected chi connectivity index (χ1v) is 4.25. The SMILES string of the molecule is COC(=O)c1cc([N+](=O)[O-])nn1CC(C)=O. The van der Waals surface area contributed by atoms with E-state index in [1.165, 1.54) is 6.92 Å². The second-order valence-corrected chi connectivity index (χ2v) is 3.00. The summed E-state index contributed by atoms with van der Waals surface area (Å²) in [5.41, 5.74) is -0.121. The molecule has 0 N–H and O–H groups in total. The molecule has 86 valence electrons. The zero-order chi connectivity index (χ0) is 12.3. The van der Waals surface area contributed by atoms with Gasteiger partial charge < -0.3 is 14.9 Å². The molecular weight excluding hydrogens is 218 g/mol. The second kappa shape index (κ2) is 4.51. The highest BCUT2D eigenvalue weighted by molar-refractivity contribution is 5.88. The Morgan fingerprint density at radius 3 is 2.69 bits per heavy atom. The van der Waals surface area contributed by atoms with Crippen LogP contribution in [0, 0.1) is 10.1 Å². The number of nitrogens with zero attached hydrogens (tertiary/aromatic N) is 3. The molecule has 1 aromatic rings. The van der Waals surface area contributed by atoms with E-state index in [0.717, 1.165) is 17.9 Å². The Kier molecular flexibility index (Phi) is 3.33. The molecule has 1 aromatic heterocycles. The molecule has 1 rings (SSSR count). The third-order valence-electron chi connectivity index (χ3n) is 1.72. The lowest BCUT2D eigenvalue weighted by atomic mass is 10.4. The molecule has 0 amide bonds. The summed E-state index contributed by atoms with van der Waals surface area (Å²) < 4.78 is 5.37. The summed E-state index contributed by atoms with van der Waals surface area (Å²) in [4.78, 5) is 31.8. The molecule has 8 heteroatoms. The fourth-order valence-corrected chi connectivity index (χ4v) is 1.09. The van der Waals surface area contributed by atoms with E-state index in [-0.39, 0.29) is 18.0 Å². The number of hydrogen-bond donors (Lipinski definition) is 0. The first-order valence-electron chi connectivity index (χ1n) is 4.25. The number of carbonyl (C=O) groups excluding carboxylic acids is 2. The van der Waals surface area contributed by atoms with Crippen molar-refractivity contribution in [1.29, 1.82) is 0 Å². The van der Waals surface area contributed by atoms with Gasteiger partial charge in [-0.25, -0.2) is 4.79 Å². The molecule has 0 radical (unpaired) electrons. The van der Waals surface area contributed by atoms with Crippen LogP contribution in [-0.4, -0.2) is 33.6 Å². The third-order valence-corrected chi connectivity index (χ3v) is 1.72. The number of Topliss-reactive ketones (excluding diaryl/α,β-unsaturated/α-hetero) is 1. The van der Waals surface area contributed by atoms with Crippen molar-refractivity contribution >= 4 is 17.6 Å². The fourth-order valence-electron chi connectivity index (χ4n) is 1.09. The molecule has 0 aliphatic rings. The molecule has 0 aromatic carbocycles. The van der Waals surface area contributed by atoms with Crippen LogP contribution in [0.25, 0.3) is 0 Å².